The minimum atomic E-state index is -0.586. The fourth-order valence-corrected chi connectivity index (χ4v) is 0.456. The Bertz CT molecular complexity index is 108. The maximum atomic E-state index is 9.91. The van der Waals surface area contributed by atoms with Crippen LogP contribution in [0, 0.1) is 0 Å². The second-order valence-electron chi connectivity index (χ2n) is 1.44. The summed E-state index contributed by atoms with van der Waals surface area (Å²) >= 11 is 0. The zero-order chi connectivity index (χ0) is 5.98. The molecule has 0 bridgehead atoms. The van der Waals surface area contributed by atoms with Crippen molar-refractivity contribution in [2.24, 2.45) is 0 Å². The van der Waals surface area contributed by atoms with Gasteiger partial charge >= 0.3 is 6.16 Å². The van der Waals surface area contributed by atoms with Gasteiger partial charge < -0.3 is 9.47 Å². The molecule has 0 spiro atoms. The van der Waals surface area contributed by atoms with Gasteiger partial charge in [-0.3, -0.25) is 0 Å². The standard InChI is InChI=1S/C5H6O3/c1-2-3-4-7-5(6)8-4/h2,4H,1,3H2. The molecule has 0 saturated carbocycles. The van der Waals surface area contributed by atoms with E-state index in [0.717, 1.165) is 0 Å². The molecule has 3 heteroatoms. The summed E-state index contributed by atoms with van der Waals surface area (Å²) in [6.45, 7) is 3.44. The van der Waals surface area contributed by atoms with Crippen molar-refractivity contribution in [1.82, 2.24) is 0 Å². The van der Waals surface area contributed by atoms with E-state index in [4.69, 9.17) is 0 Å². The van der Waals surface area contributed by atoms with Gasteiger partial charge in [0.05, 0.1) is 0 Å². The lowest BCUT2D eigenvalue weighted by atomic mass is 10.4. The number of carbonyl (C=O) groups is 1. The molecule has 8 heavy (non-hydrogen) atoms. The summed E-state index contributed by atoms with van der Waals surface area (Å²) in [5.41, 5.74) is 0. The van der Waals surface area contributed by atoms with Crippen LogP contribution >= 0.6 is 0 Å². The van der Waals surface area contributed by atoms with Crippen molar-refractivity contribution >= 4 is 6.16 Å². The number of rotatable bonds is 2. The molecular weight excluding hydrogens is 108 g/mol. The number of hydrogen-bond acceptors (Lipinski definition) is 3. The third-order valence-corrected chi connectivity index (χ3v) is 0.814. The second-order valence-corrected chi connectivity index (χ2v) is 1.44. The molecule has 0 amide bonds. The van der Waals surface area contributed by atoms with E-state index in [2.05, 4.69) is 16.1 Å². The lowest BCUT2D eigenvalue weighted by molar-refractivity contribution is -0.179. The van der Waals surface area contributed by atoms with Crippen LogP contribution in [-0.4, -0.2) is 12.4 Å². The zero-order valence-electron chi connectivity index (χ0n) is 4.29. The van der Waals surface area contributed by atoms with Gasteiger partial charge in [-0.2, -0.15) is 0 Å². The fraction of sp³-hybridized carbons (Fsp3) is 0.400. The maximum absolute atomic E-state index is 9.91. The fourth-order valence-electron chi connectivity index (χ4n) is 0.456. The molecule has 0 N–H and O–H groups in total. The molecule has 0 aromatic carbocycles. The summed E-state index contributed by atoms with van der Waals surface area (Å²) in [5.74, 6) is 0. The Morgan fingerprint density at radius 1 is 1.75 bits per heavy atom. The van der Waals surface area contributed by atoms with E-state index in [0.29, 0.717) is 6.42 Å². The summed E-state index contributed by atoms with van der Waals surface area (Å²) in [7, 11) is 0. The van der Waals surface area contributed by atoms with Gasteiger partial charge in [0.1, 0.15) is 0 Å². The lowest BCUT2D eigenvalue weighted by Crippen LogP contribution is -2.34. The van der Waals surface area contributed by atoms with Crippen LogP contribution in [0.5, 0.6) is 0 Å². The average Bonchev–Trinajstić information content (AvgIpc) is 1.64. The Balaban J connectivity index is 2.15. The summed E-state index contributed by atoms with van der Waals surface area (Å²) in [6, 6.07) is 0. The number of hydrogen-bond donors (Lipinski definition) is 0. The van der Waals surface area contributed by atoms with Crippen LogP contribution in [0.4, 0.5) is 4.79 Å². The van der Waals surface area contributed by atoms with Crippen molar-refractivity contribution in [1.29, 1.82) is 0 Å². The predicted octanol–water partition coefficient (Wildman–Crippen LogP) is 1.06. The Morgan fingerprint density at radius 3 is 2.75 bits per heavy atom. The van der Waals surface area contributed by atoms with E-state index in [9.17, 15) is 4.79 Å². The number of cyclic esters (lactones) is 2. The molecule has 1 heterocycles. The summed E-state index contributed by atoms with van der Waals surface area (Å²) in [6.07, 6.45) is 1.26. The normalized spacial score (nSPS) is 18.2. The van der Waals surface area contributed by atoms with Crippen LogP contribution in [-0.2, 0) is 9.47 Å². The Morgan fingerprint density at radius 2 is 2.38 bits per heavy atom. The highest BCUT2D eigenvalue weighted by molar-refractivity contribution is 5.64. The molecule has 0 aliphatic carbocycles. The highest BCUT2D eigenvalue weighted by Crippen LogP contribution is 2.13. The van der Waals surface area contributed by atoms with Crippen molar-refractivity contribution in [2.45, 2.75) is 12.7 Å². The molecule has 3 nitrogen and oxygen atoms in total. The zero-order valence-corrected chi connectivity index (χ0v) is 4.29. The van der Waals surface area contributed by atoms with E-state index >= 15 is 0 Å². The van der Waals surface area contributed by atoms with Gasteiger partial charge in [-0.15, -0.1) is 6.58 Å². The largest absolute Gasteiger partial charge is 0.514 e. The van der Waals surface area contributed by atoms with Gasteiger partial charge in [-0.1, -0.05) is 6.08 Å². The lowest BCUT2D eigenvalue weighted by Gasteiger charge is -2.23. The minimum Gasteiger partial charge on any atom is -0.393 e. The monoisotopic (exact) mass is 114 g/mol. The van der Waals surface area contributed by atoms with Crippen LogP contribution in [0.2, 0.25) is 0 Å². The van der Waals surface area contributed by atoms with Crippen molar-refractivity contribution < 1.29 is 14.3 Å². The van der Waals surface area contributed by atoms with E-state index in [1.165, 1.54) is 0 Å². The van der Waals surface area contributed by atoms with Crippen molar-refractivity contribution in [3.05, 3.63) is 12.7 Å². The quantitative estimate of drug-likeness (QED) is 0.397. The Hall–Kier alpha value is -0.990. The van der Waals surface area contributed by atoms with Crippen molar-refractivity contribution in [2.75, 3.05) is 0 Å². The topological polar surface area (TPSA) is 35.5 Å². The molecule has 1 rings (SSSR count). The third-order valence-electron chi connectivity index (χ3n) is 0.814. The molecule has 1 aliphatic rings. The first-order valence-electron chi connectivity index (χ1n) is 2.31. The molecule has 0 radical (unpaired) electrons. The predicted molar refractivity (Wildman–Crippen MR) is 26.2 cm³/mol. The van der Waals surface area contributed by atoms with Gasteiger partial charge in [-0.05, 0) is 0 Å². The Labute approximate surface area is 46.9 Å². The van der Waals surface area contributed by atoms with Crippen molar-refractivity contribution in [3.8, 4) is 0 Å². The molecule has 0 aromatic rings. The highest BCUT2D eigenvalue weighted by Gasteiger charge is 2.28. The highest BCUT2D eigenvalue weighted by atomic mass is 16.9. The summed E-state index contributed by atoms with van der Waals surface area (Å²) in [4.78, 5) is 9.91. The number of ether oxygens (including phenoxy) is 2. The molecule has 44 valence electrons. The summed E-state index contributed by atoms with van der Waals surface area (Å²) < 4.78 is 8.89. The SMILES string of the molecule is C=CCC1OC(=O)O1. The van der Waals surface area contributed by atoms with E-state index in [1.807, 2.05) is 0 Å². The molecule has 1 aliphatic heterocycles. The van der Waals surface area contributed by atoms with Gasteiger partial charge in [0.15, 0.2) is 0 Å². The van der Waals surface area contributed by atoms with Gasteiger partial charge in [0.25, 0.3) is 6.29 Å². The van der Waals surface area contributed by atoms with Crippen molar-refractivity contribution in [3.63, 3.8) is 0 Å². The first-order valence-corrected chi connectivity index (χ1v) is 2.31. The van der Waals surface area contributed by atoms with Gasteiger partial charge in [-0.25, -0.2) is 4.79 Å². The first kappa shape index (κ1) is 5.15. The Kier molecular flexibility index (Phi) is 1.20. The van der Waals surface area contributed by atoms with Crippen LogP contribution in [0.15, 0.2) is 12.7 Å². The maximum Gasteiger partial charge on any atom is 0.514 e. The van der Waals surface area contributed by atoms with E-state index < -0.39 is 6.16 Å². The summed E-state index contributed by atoms with van der Waals surface area (Å²) in [5, 5.41) is 0. The van der Waals surface area contributed by atoms with E-state index in [1.54, 1.807) is 6.08 Å². The second kappa shape index (κ2) is 1.86. The molecule has 0 aromatic heterocycles. The van der Waals surface area contributed by atoms with Gasteiger partial charge in [0.2, 0.25) is 0 Å². The van der Waals surface area contributed by atoms with Crippen LogP contribution in [0.25, 0.3) is 0 Å². The molecule has 0 unspecified atom stereocenters. The van der Waals surface area contributed by atoms with E-state index in [-0.39, 0.29) is 6.29 Å². The minimum absolute atomic E-state index is 0.361. The van der Waals surface area contributed by atoms with Crippen LogP contribution in [0.3, 0.4) is 0 Å². The molecule has 0 atom stereocenters. The average molecular weight is 114 g/mol. The molecule has 1 saturated heterocycles. The molecular formula is C5H6O3. The smallest absolute Gasteiger partial charge is 0.393 e. The van der Waals surface area contributed by atoms with Gasteiger partial charge in [0, 0.05) is 6.42 Å². The van der Waals surface area contributed by atoms with Crippen LogP contribution in [0.1, 0.15) is 6.42 Å². The molecule has 1 fully saturated rings. The number of carbonyl (C=O) groups excluding carboxylic acids is 1. The first-order chi connectivity index (χ1) is 3.83. The van der Waals surface area contributed by atoms with Crippen LogP contribution < -0.4 is 0 Å². The third kappa shape index (κ3) is 0.804.